The van der Waals surface area contributed by atoms with E-state index in [1.54, 1.807) is 25.4 Å². The summed E-state index contributed by atoms with van der Waals surface area (Å²) in [6.07, 6.45) is 1.60. The van der Waals surface area contributed by atoms with Crippen molar-refractivity contribution < 1.29 is 14.3 Å². The average molecular weight is 336 g/mol. The topological polar surface area (TPSA) is 85.4 Å². The zero-order valence-corrected chi connectivity index (χ0v) is 14.1. The van der Waals surface area contributed by atoms with E-state index in [1.807, 2.05) is 19.2 Å². The maximum atomic E-state index is 12.1. The third-order valence-corrected chi connectivity index (χ3v) is 4.05. The Morgan fingerprint density at radius 1 is 1.43 bits per heavy atom. The number of nitrogens with zero attached hydrogens (tertiary/aromatic N) is 2. The SMILES string of the molecule is COCCOc1ncccc1NC(=O)N[C@@H](C)c1nc(C)cs1. The number of nitrogens with one attached hydrogen (secondary N) is 2. The molecule has 2 rings (SSSR count). The van der Waals surface area contributed by atoms with Gasteiger partial charge in [-0.25, -0.2) is 14.8 Å². The van der Waals surface area contributed by atoms with E-state index < -0.39 is 0 Å². The maximum absolute atomic E-state index is 12.1. The Labute approximate surface area is 139 Å². The number of urea groups is 1. The van der Waals surface area contributed by atoms with Crippen molar-refractivity contribution in [3.05, 3.63) is 34.4 Å². The minimum absolute atomic E-state index is 0.178. The molecule has 0 saturated heterocycles. The molecule has 1 atom stereocenters. The number of carbonyl (C=O) groups is 1. The average Bonchev–Trinajstić information content (AvgIpc) is 2.96. The van der Waals surface area contributed by atoms with E-state index in [4.69, 9.17) is 9.47 Å². The number of methoxy groups -OCH3 is 1. The Morgan fingerprint density at radius 2 is 2.26 bits per heavy atom. The van der Waals surface area contributed by atoms with Gasteiger partial charge in [0.1, 0.15) is 17.3 Å². The molecule has 2 aromatic rings. The summed E-state index contributed by atoms with van der Waals surface area (Å²) < 4.78 is 10.4. The molecule has 7 nitrogen and oxygen atoms in total. The van der Waals surface area contributed by atoms with E-state index in [9.17, 15) is 4.79 Å². The monoisotopic (exact) mass is 336 g/mol. The van der Waals surface area contributed by atoms with Gasteiger partial charge in [-0.2, -0.15) is 0 Å². The van der Waals surface area contributed by atoms with Gasteiger partial charge >= 0.3 is 6.03 Å². The molecular formula is C15H20N4O3S. The molecule has 8 heteroatoms. The predicted molar refractivity (Wildman–Crippen MR) is 89.0 cm³/mol. The fourth-order valence-corrected chi connectivity index (χ4v) is 2.61. The van der Waals surface area contributed by atoms with E-state index in [0.717, 1.165) is 10.7 Å². The van der Waals surface area contributed by atoms with Crippen LogP contribution in [-0.2, 0) is 4.74 Å². The number of amides is 2. The van der Waals surface area contributed by atoms with Crippen molar-refractivity contribution in [3.8, 4) is 5.88 Å². The number of carbonyl (C=O) groups excluding carboxylic acids is 1. The lowest BCUT2D eigenvalue weighted by molar-refractivity contribution is 0.144. The van der Waals surface area contributed by atoms with Crippen LogP contribution in [0.1, 0.15) is 23.7 Å². The summed E-state index contributed by atoms with van der Waals surface area (Å²) in [5, 5.41) is 8.40. The van der Waals surface area contributed by atoms with Crippen LogP contribution in [0.4, 0.5) is 10.5 Å². The first-order valence-corrected chi connectivity index (χ1v) is 8.04. The van der Waals surface area contributed by atoms with Crippen LogP contribution < -0.4 is 15.4 Å². The molecule has 0 aliphatic rings. The molecule has 0 aliphatic heterocycles. The van der Waals surface area contributed by atoms with E-state index in [-0.39, 0.29) is 12.1 Å². The van der Waals surface area contributed by atoms with E-state index in [1.165, 1.54) is 11.3 Å². The highest BCUT2D eigenvalue weighted by Gasteiger charge is 2.14. The van der Waals surface area contributed by atoms with E-state index in [0.29, 0.717) is 24.8 Å². The molecule has 0 aromatic carbocycles. The van der Waals surface area contributed by atoms with Crippen LogP contribution in [0.3, 0.4) is 0 Å². The number of rotatable bonds is 7. The van der Waals surface area contributed by atoms with Crippen LogP contribution >= 0.6 is 11.3 Å². The number of aromatic nitrogens is 2. The molecule has 0 fully saturated rings. The second-order valence-corrected chi connectivity index (χ2v) is 5.73. The number of ether oxygens (including phenoxy) is 2. The molecule has 0 unspecified atom stereocenters. The lowest BCUT2D eigenvalue weighted by Crippen LogP contribution is -2.31. The molecule has 124 valence electrons. The summed E-state index contributed by atoms with van der Waals surface area (Å²) in [5.41, 5.74) is 1.45. The molecule has 2 N–H and O–H groups in total. The largest absolute Gasteiger partial charge is 0.474 e. The van der Waals surface area contributed by atoms with Crippen LogP contribution in [0.5, 0.6) is 5.88 Å². The quantitative estimate of drug-likeness (QED) is 0.759. The van der Waals surface area contributed by atoms with Crippen LogP contribution in [0, 0.1) is 6.92 Å². The van der Waals surface area contributed by atoms with Gasteiger partial charge in [0, 0.05) is 24.4 Å². The normalized spacial score (nSPS) is 11.8. The van der Waals surface area contributed by atoms with Crippen molar-refractivity contribution in [3.63, 3.8) is 0 Å². The fourth-order valence-electron chi connectivity index (χ4n) is 1.81. The highest BCUT2D eigenvalue weighted by atomic mass is 32.1. The summed E-state index contributed by atoms with van der Waals surface area (Å²) in [5.74, 6) is 0.359. The van der Waals surface area contributed by atoms with Crippen molar-refractivity contribution in [2.75, 3.05) is 25.6 Å². The summed E-state index contributed by atoms with van der Waals surface area (Å²) >= 11 is 1.52. The molecule has 2 amide bonds. The first-order valence-electron chi connectivity index (χ1n) is 7.16. The Morgan fingerprint density at radius 3 is 2.96 bits per heavy atom. The molecule has 2 aromatic heterocycles. The standard InChI is InChI=1S/C15H20N4O3S/c1-10-9-23-14(17-10)11(2)18-15(20)19-12-5-4-6-16-13(12)22-8-7-21-3/h4-6,9,11H,7-8H2,1-3H3,(H2,18,19,20)/t11-/m0/s1. The fraction of sp³-hybridized carbons (Fsp3) is 0.400. The number of hydrogen-bond donors (Lipinski definition) is 2. The molecule has 0 spiro atoms. The van der Waals surface area contributed by atoms with E-state index in [2.05, 4.69) is 20.6 Å². The Kier molecular flexibility index (Phi) is 6.30. The summed E-state index contributed by atoms with van der Waals surface area (Å²) in [4.78, 5) is 20.6. The third-order valence-electron chi connectivity index (χ3n) is 2.90. The number of pyridine rings is 1. The second-order valence-electron chi connectivity index (χ2n) is 4.84. The van der Waals surface area contributed by atoms with Gasteiger partial charge in [-0.05, 0) is 26.0 Å². The number of hydrogen-bond acceptors (Lipinski definition) is 6. The molecule has 0 aliphatic carbocycles. The summed E-state index contributed by atoms with van der Waals surface area (Å²) in [7, 11) is 1.59. The Bertz CT molecular complexity index is 647. The Balaban J connectivity index is 1.94. The zero-order chi connectivity index (χ0) is 16.7. The van der Waals surface area contributed by atoms with Crippen LogP contribution in [0.2, 0.25) is 0 Å². The second kappa shape index (κ2) is 8.44. The molecular weight excluding hydrogens is 316 g/mol. The predicted octanol–water partition coefficient (Wildman–Crippen LogP) is 2.75. The maximum Gasteiger partial charge on any atom is 0.319 e. The van der Waals surface area contributed by atoms with Crippen LogP contribution in [-0.4, -0.2) is 36.3 Å². The summed E-state index contributed by atoms with van der Waals surface area (Å²) in [6, 6.07) is 2.94. The van der Waals surface area contributed by atoms with Gasteiger partial charge in [0.2, 0.25) is 5.88 Å². The van der Waals surface area contributed by atoms with Crippen molar-refractivity contribution in [2.45, 2.75) is 19.9 Å². The first kappa shape index (κ1) is 17.2. The van der Waals surface area contributed by atoms with Crippen LogP contribution in [0.15, 0.2) is 23.7 Å². The zero-order valence-electron chi connectivity index (χ0n) is 13.3. The van der Waals surface area contributed by atoms with Crippen molar-refractivity contribution in [1.29, 1.82) is 0 Å². The van der Waals surface area contributed by atoms with Gasteiger partial charge in [0.05, 0.1) is 12.6 Å². The smallest absolute Gasteiger partial charge is 0.319 e. The molecule has 0 saturated carbocycles. The van der Waals surface area contributed by atoms with Crippen molar-refractivity contribution in [1.82, 2.24) is 15.3 Å². The highest BCUT2D eigenvalue weighted by Crippen LogP contribution is 2.21. The molecule has 23 heavy (non-hydrogen) atoms. The van der Waals surface area contributed by atoms with Gasteiger partial charge < -0.3 is 20.1 Å². The number of anilines is 1. The van der Waals surface area contributed by atoms with E-state index >= 15 is 0 Å². The summed E-state index contributed by atoms with van der Waals surface area (Å²) in [6.45, 7) is 4.62. The van der Waals surface area contributed by atoms with Gasteiger partial charge in [0.25, 0.3) is 0 Å². The lowest BCUT2D eigenvalue weighted by Gasteiger charge is -2.14. The molecule has 0 radical (unpaired) electrons. The third kappa shape index (κ3) is 5.19. The Hall–Kier alpha value is -2.19. The van der Waals surface area contributed by atoms with Gasteiger partial charge in [-0.15, -0.1) is 11.3 Å². The minimum atomic E-state index is -0.338. The van der Waals surface area contributed by atoms with Gasteiger partial charge in [0.15, 0.2) is 0 Å². The first-order chi connectivity index (χ1) is 11.1. The van der Waals surface area contributed by atoms with Crippen molar-refractivity contribution >= 4 is 23.1 Å². The lowest BCUT2D eigenvalue weighted by atomic mass is 10.3. The van der Waals surface area contributed by atoms with Crippen LogP contribution in [0.25, 0.3) is 0 Å². The molecule has 0 bridgehead atoms. The highest BCUT2D eigenvalue weighted by molar-refractivity contribution is 7.09. The number of aryl methyl sites for hydroxylation is 1. The van der Waals surface area contributed by atoms with Crippen molar-refractivity contribution in [2.24, 2.45) is 0 Å². The minimum Gasteiger partial charge on any atom is -0.474 e. The van der Waals surface area contributed by atoms with Gasteiger partial charge in [-0.1, -0.05) is 0 Å². The molecule has 2 heterocycles. The number of thiazole rings is 1. The van der Waals surface area contributed by atoms with Gasteiger partial charge in [-0.3, -0.25) is 0 Å².